The van der Waals surface area contributed by atoms with Gasteiger partial charge in [-0.3, -0.25) is 14.4 Å². The van der Waals surface area contributed by atoms with Gasteiger partial charge in [-0.2, -0.15) is 0 Å². The summed E-state index contributed by atoms with van der Waals surface area (Å²) in [6.07, 6.45) is 4.11. The number of hydrogen-bond acceptors (Lipinski definition) is 5. The van der Waals surface area contributed by atoms with Crippen molar-refractivity contribution in [3.8, 4) is 0 Å². The monoisotopic (exact) mass is 391 g/mol. The van der Waals surface area contributed by atoms with E-state index in [1.807, 2.05) is 11.8 Å². The SMILES string of the molecule is CC(Sc1ncccc1C(=O)N1CCC(C)(C(=O)O)C1)C(=O)N1CCCC1. The van der Waals surface area contributed by atoms with Gasteiger partial charge in [-0.05, 0) is 45.2 Å². The third kappa shape index (κ3) is 4.10. The third-order valence-corrected chi connectivity index (χ3v) is 6.44. The maximum atomic E-state index is 13.0. The van der Waals surface area contributed by atoms with Crippen LogP contribution >= 0.6 is 11.8 Å². The predicted octanol–water partition coefficient (Wildman–Crippen LogP) is 2.12. The minimum Gasteiger partial charge on any atom is -0.481 e. The second-order valence-electron chi connectivity index (χ2n) is 7.49. The number of pyridine rings is 1. The number of rotatable bonds is 5. The lowest BCUT2D eigenvalue weighted by molar-refractivity contribution is -0.147. The summed E-state index contributed by atoms with van der Waals surface area (Å²) >= 11 is 1.29. The lowest BCUT2D eigenvalue weighted by Crippen LogP contribution is -2.35. The first-order valence-corrected chi connectivity index (χ1v) is 10.1. The number of hydrogen-bond donors (Lipinski definition) is 1. The Labute approximate surface area is 163 Å². The van der Waals surface area contributed by atoms with Crippen molar-refractivity contribution >= 4 is 29.5 Å². The molecule has 2 unspecified atom stereocenters. The topological polar surface area (TPSA) is 90.8 Å². The van der Waals surface area contributed by atoms with Crippen molar-refractivity contribution in [1.82, 2.24) is 14.8 Å². The molecule has 2 aliphatic heterocycles. The zero-order valence-corrected chi connectivity index (χ0v) is 16.5. The number of aromatic nitrogens is 1. The van der Waals surface area contributed by atoms with Crippen molar-refractivity contribution in [3.63, 3.8) is 0 Å². The van der Waals surface area contributed by atoms with Crippen LogP contribution < -0.4 is 0 Å². The molecular weight excluding hydrogens is 366 g/mol. The molecule has 0 spiro atoms. The van der Waals surface area contributed by atoms with Crippen LogP contribution in [0.2, 0.25) is 0 Å². The van der Waals surface area contributed by atoms with Crippen LogP contribution in [-0.2, 0) is 9.59 Å². The van der Waals surface area contributed by atoms with E-state index in [-0.39, 0.29) is 23.6 Å². The van der Waals surface area contributed by atoms with Gasteiger partial charge >= 0.3 is 5.97 Å². The van der Waals surface area contributed by atoms with E-state index in [1.165, 1.54) is 11.8 Å². The fraction of sp³-hybridized carbons (Fsp3) is 0.579. The first-order valence-electron chi connectivity index (χ1n) is 9.25. The van der Waals surface area contributed by atoms with Gasteiger partial charge in [0.05, 0.1) is 16.2 Å². The molecule has 27 heavy (non-hydrogen) atoms. The Morgan fingerprint density at radius 1 is 1.22 bits per heavy atom. The van der Waals surface area contributed by atoms with E-state index in [0.717, 1.165) is 25.9 Å². The zero-order chi connectivity index (χ0) is 19.6. The summed E-state index contributed by atoms with van der Waals surface area (Å²) in [4.78, 5) is 44.7. The normalized spacial score (nSPS) is 23.5. The molecule has 1 aromatic heterocycles. The number of thioether (sulfide) groups is 1. The lowest BCUT2D eigenvalue weighted by Gasteiger charge is -2.22. The summed E-state index contributed by atoms with van der Waals surface area (Å²) in [7, 11) is 0. The average Bonchev–Trinajstić information content (AvgIpc) is 3.31. The number of likely N-dealkylation sites (tertiary alicyclic amines) is 2. The van der Waals surface area contributed by atoms with Crippen LogP contribution in [0.4, 0.5) is 0 Å². The van der Waals surface area contributed by atoms with Crippen molar-refractivity contribution in [1.29, 1.82) is 0 Å². The average molecular weight is 391 g/mol. The van der Waals surface area contributed by atoms with E-state index in [4.69, 9.17) is 0 Å². The van der Waals surface area contributed by atoms with Crippen LogP contribution in [0.5, 0.6) is 0 Å². The maximum absolute atomic E-state index is 13.0. The fourth-order valence-electron chi connectivity index (χ4n) is 3.54. The molecule has 0 bridgehead atoms. The quantitative estimate of drug-likeness (QED) is 0.773. The third-order valence-electron chi connectivity index (χ3n) is 5.33. The van der Waals surface area contributed by atoms with E-state index in [9.17, 15) is 19.5 Å². The standard InChI is InChI=1S/C19H25N3O4S/c1-13(16(23)21-9-3-4-10-21)27-15-14(6-5-8-20-15)17(24)22-11-7-19(2,12-22)18(25)26/h5-6,8,13H,3-4,7,9-12H2,1-2H3,(H,25,26). The number of carbonyl (C=O) groups excluding carboxylic acids is 2. The first-order chi connectivity index (χ1) is 12.8. The van der Waals surface area contributed by atoms with Gasteiger partial charge in [0, 0.05) is 32.4 Å². The predicted molar refractivity (Wildman–Crippen MR) is 102 cm³/mol. The summed E-state index contributed by atoms with van der Waals surface area (Å²) < 4.78 is 0. The Morgan fingerprint density at radius 3 is 2.56 bits per heavy atom. The largest absolute Gasteiger partial charge is 0.481 e. The Bertz CT molecular complexity index is 750. The molecule has 1 aromatic rings. The van der Waals surface area contributed by atoms with Crippen LogP contribution in [0.15, 0.2) is 23.4 Å². The van der Waals surface area contributed by atoms with E-state index in [2.05, 4.69) is 4.98 Å². The maximum Gasteiger partial charge on any atom is 0.311 e. The lowest BCUT2D eigenvalue weighted by atomic mass is 9.90. The number of aliphatic carboxylic acids is 1. The second-order valence-corrected chi connectivity index (χ2v) is 8.82. The molecular formula is C19H25N3O4S. The number of carboxylic acid groups (broad SMARTS) is 1. The summed E-state index contributed by atoms with van der Waals surface area (Å²) in [5.74, 6) is -1.04. The van der Waals surface area contributed by atoms with Gasteiger partial charge in [-0.25, -0.2) is 4.98 Å². The summed E-state index contributed by atoms with van der Waals surface area (Å²) in [6.45, 7) is 5.67. The van der Waals surface area contributed by atoms with E-state index in [0.29, 0.717) is 23.6 Å². The highest BCUT2D eigenvalue weighted by atomic mass is 32.2. The van der Waals surface area contributed by atoms with Crippen molar-refractivity contribution in [2.24, 2.45) is 5.41 Å². The molecule has 0 radical (unpaired) electrons. The van der Waals surface area contributed by atoms with Crippen molar-refractivity contribution in [2.45, 2.75) is 43.4 Å². The van der Waals surface area contributed by atoms with Crippen LogP contribution in [-0.4, -0.2) is 69.1 Å². The van der Waals surface area contributed by atoms with Gasteiger partial charge < -0.3 is 14.9 Å². The van der Waals surface area contributed by atoms with E-state index >= 15 is 0 Å². The van der Waals surface area contributed by atoms with Gasteiger partial charge in [-0.1, -0.05) is 11.8 Å². The minimum atomic E-state index is -0.913. The highest BCUT2D eigenvalue weighted by Gasteiger charge is 2.42. The van der Waals surface area contributed by atoms with Gasteiger partial charge in [0.15, 0.2) is 0 Å². The highest BCUT2D eigenvalue weighted by molar-refractivity contribution is 8.00. The molecule has 0 aliphatic carbocycles. The molecule has 2 fully saturated rings. The van der Waals surface area contributed by atoms with Crippen LogP contribution in [0.1, 0.15) is 43.5 Å². The summed E-state index contributed by atoms with van der Waals surface area (Å²) in [5.41, 5.74) is -0.484. The molecule has 2 saturated heterocycles. The smallest absolute Gasteiger partial charge is 0.311 e. The number of carbonyl (C=O) groups is 3. The molecule has 2 amide bonds. The molecule has 2 aliphatic rings. The van der Waals surface area contributed by atoms with Crippen molar-refractivity contribution in [2.75, 3.05) is 26.2 Å². The van der Waals surface area contributed by atoms with E-state index in [1.54, 1.807) is 30.2 Å². The Morgan fingerprint density at radius 2 is 1.93 bits per heavy atom. The van der Waals surface area contributed by atoms with Crippen LogP contribution in [0.3, 0.4) is 0 Å². The summed E-state index contributed by atoms with van der Waals surface area (Å²) in [6, 6.07) is 3.39. The zero-order valence-electron chi connectivity index (χ0n) is 15.7. The highest BCUT2D eigenvalue weighted by Crippen LogP contribution is 2.33. The molecule has 2 atom stereocenters. The number of nitrogens with zero attached hydrogens (tertiary/aromatic N) is 3. The van der Waals surface area contributed by atoms with Crippen molar-refractivity contribution < 1.29 is 19.5 Å². The Balaban J connectivity index is 1.73. The molecule has 0 aromatic carbocycles. The molecule has 0 saturated carbocycles. The molecule has 8 heteroatoms. The fourth-order valence-corrected chi connectivity index (χ4v) is 4.53. The van der Waals surface area contributed by atoms with Gasteiger partial charge in [0.2, 0.25) is 5.91 Å². The van der Waals surface area contributed by atoms with Gasteiger partial charge in [0.25, 0.3) is 5.91 Å². The van der Waals surface area contributed by atoms with Gasteiger partial charge in [-0.15, -0.1) is 0 Å². The summed E-state index contributed by atoms with van der Waals surface area (Å²) in [5, 5.41) is 9.58. The number of carboxylic acids is 1. The molecule has 146 valence electrons. The Kier molecular flexibility index (Phi) is 5.74. The molecule has 3 rings (SSSR count). The van der Waals surface area contributed by atoms with Gasteiger partial charge in [0.1, 0.15) is 5.03 Å². The molecule has 1 N–H and O–H groups in total. The van der Waals surface area contributed by atoms with Crippen LogP contribution in [0.25, 0.3) is 0 Å². The Hall–Kier alpha value is -2.09. The van der Waals surface area contributed by atoms with E-state index < -0.39 is 11.4 Å². The second kappa shape index (κ2) is 7.88. The molecule has 3 heterocycles. The number of amides is 2. The van der Waals surface area contributed by atoms with Crippen molar-refractivity contribution in [3.05, 3.63) is 23.9 Å². The van der Waals surface area contributed by atoms with Crippen LogP contribution in [0, 0.1) is 5.41 Å². The minimum absolute atomic E-state index is 0.0705. The first kappa shape index (κ1) is 19.7. The molecule has 7 nitrogen and oxygen atoms in total.